The fraction of sp³-hybridized carbons (Fsp3) is 0.207. The minimum atomic E-state index is 0.941. The lowest BCUT2D eigenvalue weighted by atomic mass is 9.92. The molecule has 0 atom stereocenters. The summed E-state index contributed by atoms with van der Waals surface area (Å²) in [6, 6.07) is 28.6. The van der Waals surface area contributed by atoms with E-state index in [1.54, 1.807) is 0 Å². The molecular formula is C29H27N3. The Bertz CT molecular complexity index is 1430. The van der Waals surface area contributed by atoms with Crippen LogP contribution < -0.4 is 0 Å². The Hall–Kier alpha value is -3.43. The largest absolute Gasteiger partial charge is 0.339 e. The lowest BCUT2D eigenvalue weighted by molar-refractivity contribution is 0.402. The zero-order valence-corrected chi connectivity index (χ0v) is 18.7. The zero-order chi connectivity index (χ0) is 21.7. The zero-order valence-electron chi connectivity index (χ0n) is 18.7. The standard InChI is InChI=1S/C29H27N3/c1-31(2)19-20-14-16-22(17-15-20)28-26(21-9-4-3-5-10-21)27-23-11-6-7-13-25(23)32-18-8-12-24(30-28)29(27)32/h3-7,9-11,13-17H,8,12,18-19H2,1-2H3. The second-order valence-corrected chi connectivity index (χ2v) is 9.08. The maximum absolute atomic E-state index is 5.33. The Morgan fingerprint density at radius 1 is 0.844 bits per heavy atom. The van der Waals surface area contributed by atoms with Gasteiger partial charge in [-0.2, -0.15) is 0 Å². The van der Waals surface area contributed by atoms with E-state index in [0.717, 1.165) is 31.6 Å². The molecule has 0 spiro atoms. The lowest BCUT2D eigenvalue weighted by Gasteiger charge is -2.20. The summed E-state index contributed by atoms with van der Waals surface area (Å²) < 4.78 is 2.49. The highest BCUT2D eigenvalue weighted by Gasteiger charge is 2.25. The molecule has 0 unspecified atom stereocenters. The SMILES string of the molecule is CN(C)Cc1ccc(-c2nc3c4c(c2-c2ccccc2)c2ccccc2n4CCC3)cc1. The first kappa shape index (κ1) is 19.3. The third-order valence-corrected chi connectivity index (χ3v) is 6.56. The number of hydrogen-bond donors (Lipinski definition) is 0. The van der Waals surface area contributed by atoms with Crippen LogP contribution in [0.25, 0.3) is 44.2 Å². The van der Waals surface area contributed by atoms with Gasteiger partial charge < -0.3 is 9.47 Å². The highest BCUT2D eigenvalue weighted by Crippen LogP contribution is 2.44. The number of fused-ring (bicyclic) bond motifs is 3. The van der Waals surface area contributed by atoms with Crippen LogP contribution in [0.1, 0.15) is 17.7 Å². The van der Waals surface area contributed by atoms with Crippen molar-refractivity contribution in [2.45, 2.75) is 25.9 Å². The maximum atomic E-state index is 5.33. The van der Waals surface area contributed by atoms with Crippen LogP contribution in [0.2, 0.25) is 0 Å². The van der Waals surface area contributed by atoms with Gasteiger partial charge in [0.05, 0.1) is 16.9 Å². The van der Waals surface area contributed by atoms with Crippen LogP contribution in [0, 0.1) is 0 Å². The topological polar surface area (TPSA) is 21.1 Å². The van der Waals surface area contributed by atoms with Crippen molar-refractivity contribution >= 4 is 21.8 Å². The fourth-order valence-corrected chi connectivity index (χ4v) is 5.26. The summed E-state index contributed by atoms with van der Waals surface area (Å²) in [5.74, 6) is 0. The molecule has 3 heteroatoms. The van der Waals surface area contributed by atoms with Crippen LogP contribution in [0.4, 0.5) is 0 Å². The van der Waals surface area contributed by atoms with Crippen LogP contribution in [0.15, 0.2) is 78.9 Å². The van der Waals surface area contributed by atoms with E-state index in [9.17, 15) is 0 Å². The van der Waals surface area contributed by atoms with E-state index in [2.05, 4.69) is 102 Å². The number of para-hydroxylation sites is 1. The molecule has 6 rings (SSSR count). The first-order valence-corrected chi connectivity index (χ1v) is 11.4. The number of hydrogen-bond acceptors (Lipinski definition) is 2. The Morgan fingerprint density at radius 3 is 2.38 bits per heavy atom. The van der Waals surface area contributed by atoms with E-state index < -0.39 is 0 Å². The van der Waals surface area contributed by atoms with E-state index in [-0.39, 0.29) is 0 Å². The van der Waals surface area contributed by atoms with Gasteiger partial charge in [0.1, 0.15) is 0 Å². The van der Waals surface area contributed by atoms with E-state index in [0.29, 0.717) is 0 Å². The van der Waals surface area contributed by atoms with Gasteiger partial charge in [-0.15, -0.1) is 0 Å². The van der Waals surface area contributed by atoms with Crippen molar-refractivity contribution in [3.63, 3.8) is 0 Å². The van der Waals surface area contributed by atoms with Gasteiger partial charge in [-0.05, 0) is 44.1 Å². The maximum Gasteiger partial charge on any atom is 0.0791 e. The van der Waals surface area contributed by atoms with Gasteiger partial charge >= 0.3 is 0 Å². The molecule has 5 aromatic rings. The van der Waals surface area contributed by atoms with E-state index in [4.69, 9.17) is 4.98 Å². The Kier molecular flexibility index (Phi) is 4.58. The minimum Gasteiger partial charge on any atom is -0.339 e. The monoisotopic (exact) mass is 417 g/mol. The first-order chi connectivity index (χ1) is 15.7. The molecule has 3 heterocycles. The fourth-order valence-electron chi connectivity index (χ4n) is 5.26. The van der Waals surface area contributed by atoms with Gasteiger partial charge in [-0.1, -0.05) is 72.8 Å². The molecule has 32 heavy (non-hydrogen) atoms. The first-order valence-electron chi connectivity index (χ1n) is 11.4. The van der Waals surface area contributed by atoms with Gasteiger partial charge in [-0.3, -0.25) is 0 Å². The van der Waals surface area contributed by atoms with Gasteiger partial charge in [0.15, 0.2) is 0 Å². The van der Waals surface area contributed by atoms with Crippen molar-refractivity contribution < 1.29 is 0 Å². The molecule has 0 saturated heterocycles. The average molecular weight is 418 g/mol. The lowest BCUT2D eigenvalue weighted by Crippen LogP contribution is -2.11. The third-order valence-electron chi connectivity index (χ3n) is 6.56. The van der Waals surface area contributed by atoms with Crippen molar-refractivity contribution in [3.8, 4) is 22.4 Å². The van der Waals surface area contributed by atoms with Gasteiger partial charge in [0.25, 0.3) is 0 Å². The van der Waals surface area contributed by atoms with Gasteiger partial charge in [0, 0.05) is 40.5 Å². The third kappa shape index (κ3) is 3.04. The predicted octanol–water partition coefficient (Wildman–Crippen LogP) is 6.53. The smallest absolute Gasteiger partial charge is 0.0791 e. The predicted molar refractivity (Wildman–Crippen MR) is 134 cm³/mol. The van der Waals surface area contributed by atoms with Crippen molar-refractivity contribution in [2.24, 2.45) is 0 Å². The summed E-state index contributed by atoms with van der Waals surface area (Å²) in [5.41, 5.74) is 9.96. The summed E-state index contributed by atoms with van der Waals surface area (Å²) in [4.78, 5) is 7.53. The van der Waals surface area contributed by atoms with Crippen molar-refractivity contribution in [1.82, 2.24) is 14.5 Å². The van der Waals surface area contributed by atoms with E-state index in [1.165, 1.54) is 49.8 Å². The molecule has 0 N–H and O–H groups in total. The molecule has 3 nitrogen and oxygen atoms in total. The summed E-state index contributed by atoms with van der Waals surface area (Å²) in [5, 5.41) is 2.68. The number of aryl methyl sites for hydroxylation is 2. The summed E-state index contributed by atoms with van der Waals surface area (Å²) in [6.07, 6.45) is 2.17. The summed E-state index contributed by atoms with van der Waals surface area (Å²) in [6.45, 7) is 2.00. The molecule has 0 fully saturated rings. The van der Waals surface area contributed by atoms with Crippen LogP contribution in [-0.4, -0.2) is 28.5 Å². The van der Waals surface area contributed by atoms with Crippen LogP contribution in [-0.2, 0) is 19.5 Å². The van der Waals surface area contributed by atoms with Crippen LogP contribution >= 0.6 is 0 Å². The van der Waals surface area contributed by atoms with Crippen LogP contribution in [0.5, 0.6) is 0 Å². The number of benzene rings is 3. The second-order valence-electron chi connectivity index (χ2n) is 9.08. The Labute approximate surface area is 188 Å². The molecule has 158 valence electrons. The number of aromatic nitrogens is 2. The number of rotatable bonds is 4. The molecule has 3 aromatic carbocycles. The molecule has 0 saturated carbocycles. The second kappa shape index (κ2) is 7.61. The van der Waals surface area contributed by atoms with Crippen LogP contribution in [0.3, 0.4) is 0 Å². The molecule has 0 bridgehead atoms. The highest BCUT2D eigenvalue weighted by molar-refractivity contribution is 6.18. The number of nitrogens with zero attached hydrogens (tertiary/aromatic N) is 3. The Morgan fingerprint density at radius 2 is 1.59 bits per heavy atom. The molecule has 2 aromatic heterocycles. The van der Waals surface area contributed by atoms with Crippen molar-refractivity contribution in [1.29, 1.82) is 0 Å². The summed E-state index contributed by atoms with van der Waals surface area (Å²) >= 11 is 0. The average Bonchev–Trinajstić information content (AvgIpc) is 3.16. The molecule has 0 aliphatic carbocycles. The molecule has 1 aliphatic heterocycles. The molecule has 0 amide bonds. The quantitative estimate of drug-likeness (QED) is 0.331. The van der Waals surface area contributed by atoms with Gasteiger partial charge in [-0.25, -0.2) is 4.98 Å². The van der Waals surface area contributed by atoms with Crippen molar-refractivity contribution in [2.75, 3.05) is 14.1 Å². The summed E-state index contributed by atoms with van der Waals surface area (Å²) in [7, 11) is 4.22. The highest BCUT2D eigenvalue weighted by atomic mass is 15.0. The molecule has 1 aliphatic rings. The van der Waals surface area contributed by atoms with E-state index in [1.807, 2.05) is 0 Å². The van der Waals surface area contributed by atoms with Gasteiger partial charge in [0.2, 0.25) is 0 Å². The Balaban J connectivity index is 1.70. The normalized spacial score (nSPS) is 13.3. The van der Waals surface area contributed by atoms with Crippen molar-refractivity contribution in [3.05, 3.63) is 90.1 Å². The number of pyridine rings is 1. The molecule has 0 radical (unpaired) electrons. The van der Waals surface area contributed by atoms with E-state index >= 15 is 0 Å². The molecular weight excluding hydrogens is 390 g/mol. The minimum absolute atomic E-state index is 0.941.